The molecule has 0 unspecified atom stereocenters. The van der Waals surface area contributed by atoms with Gasteiger partial charge in [0.1, 0.15) is 7.85 Å². The summed E-state index contributed by atoms with van der Waals surface area (Å²) in [5.41, 5.74) is 0.785. The van der Waals surface area contributed by atoms with Crippen LogP contribution in [-0.2, 0) is 0 Å². The topological polar surface area (TPSA) is 0 Å². The van der Waals surface area contributed by atoms with Crippen molar-refractivity contribution in [1.82, 2.24) is 0 Å². The lowest BCUT2D eigenvalue weighted by atomic mass is 9.97. The van der Waals surface area contributed by atoms with E-state index in [9.17, 15) is 0 Å². The Bertz CT molecular complexity index is 165. The Labute approximate surface area is 58.5 Å². The van der Waals surface area contributed by atoms with Crippen LogP contribution in [0.2, 0.25) is 0 Å². The monoisotopic (exact) mass is 166 g/mol. The van der Waals surface area contributed by atoms with Crippen molar-refractivity contribution >= 4 is 29.2 Å². The van der Waals surface area contributed by atoms with Crippen LogP contribution in [0.15, 0.2) is 28.7 Å². The molecule has 0 heterocycles. The molecule has 0 aliphatic rings. The van der Waals surface area contributed by atoms with Crippen LogP contribution in [0.25, 0.3) is 0 Å². The van der Waals surface area contributed by atoms with Crippen LogP contribution in [0.4, 0.5) is 0 Å². The van der Waals surface area contributed by atoms with Gasteiger partial charge in [0, 0.05) is 4.47 Å². The zero-order valence-corrected chi connectivity index (χ0v) is 5.85. The molecular formula is C6H4BBr. The quantitative estimate of drug-likeness (QED) is 0.509. The van der Waals surface area contributed by atoms with Gasteiger partial charge in [0.25, 0.3) is 0 Å². The second kappa shape index (κ2) is 2.36. The highest BCUT2D eigenvalue weighted by atomic mass is 79.9. The van der Waals surface area contributed by atoms with E-state index in [1.807, 2.05) is 24.3 Å². The first-order valence-corrected chi connectivity index (χ1v) is 3.10. The molecule has 0 aromatic heterocycles. The van der Waals surface area contributed by atoms with Crippen LogP contribution >= 0.6 is 15.9 Å². The first kappa shape index (κ1) is 5.89. The Kier molecular flexibility index (Phi) is 1.74. The molecule has 1 aromatic carbocycles. The Hall–Kier alpha value is -0.235. The van der Waals surface area contributed by atoms with Crippen molar-refractivity contribution in [3.63, 3.8) is 0 Å². The number of hydrogen-bond acceptors (Lipinski definition) is 0. The molecule has 0 atom stereocenters. The van der Waals surface area contributed by atoms with Crippen molar-refractivity contribution in [2.45, 2.75) is 0 Å². The molecule has 0 N–H and O–H groups in total. The molecule has 0 saturated heterocycles. The van der Waals surface area contributed by atoms with E-state index in [4.69, 9.17) is 7.85 Å². The Morgan fingerprint density at radius 3 is 2.25 bits per heavy atom. The van der Waals surface area contributed by atoms with Crippen LogP contribution in [0.1, 0.15) is 0 Å². The highest BCUT2D eigenvalue weighted by Crippen LogP contribution is 2.02. The molecule has 2 heteroatoms. The summed E-state index contributed by atoms with van der Waals surface area (Å²) in [6, 6.07) is 7.60. The van der Waals surface area contributed by atoms with Gasteiger partial charge in [-0.15, -0.1) is 0 Å². The summed E-state index contributed by atoms with van der Waals surface area (Å²) in [5.74, 6) is 0. The first-order chi connectivity index (χ1) is 3.80. The van der Waals surface area contributed by atoms with Crippen molar-refractivity contribution in [1.29, 1.82) is 0 Å². The van der Waals surface area contributed by atoms with Gasteiger partial charge in [-0.25, -0.2) is 0 Å². The van der Waals surface area contributed by atoms with E-state index >= 15 is 0 Å². The molecule has 0 spiro atoms. The van der Waals surface area contributed by atoms with Gasteiger partial charge in [-0.2, -0.15) is 0 Å². The van der Waals surface area contributed by atoms with E-state index in [0.29, 0.717) is 0 Å². The highest BCUT2D eigenvalue weighted by molar-refractivity contribution is 9.10. The van der Waals surface area contributed by atoms with Gasteiger partial charge in [0.15, 0.2) is 0 Å². The molecule has 1 aromatic rings. The van der Waals surface area contributed by atoms with E-state index in [1.54, 1.807) is 0 Å². The lowest BCUT2D eigenvalue weighted by molar-refractivity contribution is 1.72. The summed E-state index contributed by atoms with van der Waals surface area (Å²) in [6.45, 7) is 0. The van der Waals surface area contributed by atoms with Gasteiger partial charge in [-0.1, -0.05) is 39.6 Å². The van der Waals surface area contributed by atoms with Gasteiger partial charge >= 0.3 is 0 Å². The predicted molar refractivity (Wildman–Crippen MR) is 39.5 cm³/mol. The molecule has 0 amide bonds. The number of rotatable bonds is 0. The smallest absolute Gasteiger partial charge is 0.0827 e. The fourth-order valence-corrected chi connectivity index (χ4v) is 0.760. The maximum atomic E-state index is 5.47. The van der Waals surface area contributed by atoms with Gasteiger partial charge in [-0.3, -0.25) is 0 Å². The van der Waals surface area contributed by atoms with Crippen molar-refractivity contribution in [3.05, 3.63) is 28.7 Å². The standard InChI is InChI=1S/C6H4BBr/c7-5-3-1-2-4-6(5)8/h1-4H. The zero-order valence-electron chi connectivity index (χ0n) is 4.26. The van der Waals surface area contributed by atoms with E-state index in [0.717, 1.165) is 9.94 Å². The Balaban J connectivity index is 3.13. The Morgan fingerprint density at radius 1 is 1.25 bits per heavy atom. The van der Waals surface area contributed by atoms with E-state index in [2.05, 4.69) is 15.9 Å². The van der Waals surface area contributed by atoms with Crippen molar-refractivity contribution < 1.29 is 0 Å². The summed E-state index contributed by atoms with van der Waals surface area (Å²) < 4.78 is 0.958. The minimum atomic E-state index is 0.785. The lowest BCUT2D eigenvalue weighted by Crippen LogP contribution is -2.01. The minimum Gasteiger partial charge on any atom is -0.0827 e. The number of hydrogen-bond donors (Lipinski definition) is 0. The van der Waals surface area contributed by atoms with E-state index < -0.39 is 0 Å². The molecule has 0 bridgehead atoms. The average molecular weight is 167 g/mol. The van der Waals surface area contributed by atoms with Crippen molar-refractivity contribution in [3.8, 4) is 0 Å². The highest BCUT2D eigenvalue weighted by Gasteiger charge is 1.85. The molecule has 0 nitrogen and oxygen atoms in total. The molecule has 0 aliphatic carbocycles. The first-order valence-electron chi connectivity index (χ1n) is 2.31. The molecule has 2 radical (unpaired) electrons. The summed E-state index contributed by atoms with van der Waals surface area (Å²) in [4.78, 5) is 0. The normalized spacial score (nSPS) is 9.12. The summed E-state index contributed by atoms with van der Waals surface area (Å²) in [5, 5.41) is 0. The number of benzene rings is 1. The molecule has 0 aliphatic heterocycles. The van der Waals surface area contributed by atoms with Crippen molar-refractivity contribution in [2.24, 2.45) is 0 Å². The molecule has 0 fully saturated rings. The second-order valence-electron chi connectivity index (χ2n) is 1.52. The lowest BCUT2D eigenvalue weighted by Gasteiger charge is -1.91. The van der Waals surface area contributed by atoms with Gasteiger partial charge in [0.2, 0.25) is 0 Å². The molecule has 8 heavy (non-hydrogen) atoms. The molecule has 0 saturated carbocycles. The third kappa shape index (κ3) is 1.13. The second-order valence-corrected chi connectivity index (χ2v) is 2.38. The SMILES string of the molecule is [B]c1ccccc1Br. The largest absolute Gasteiger partial charge is 0.115 e. The fraction of sp³-hybridized carbons (Fsp3) is 0. The third-order valence-corrected chi connectivity index (χ3v) is 1.63. The number of halogens is 1. The Morgan fingerprint density at radius 2 is 1.88 bits per heavy atom. The minimum absolute atomic E-state index is 0.785. The van der Waals surface area contributed by atoms with E-state index in [-0.39, 0.29) is 0 Å². The third-order valence-electron chi connectivity index (χ3n) is 0.905. The summed E-state index contributed by atoms with van der Waals surface area (Å²) >= 11 is 3.27. The average Bonchev–Trinajstić information content (AvgIpc) is 1.77. The van der Waals surface area contributed by atoms with Crippen LogP contribution in [0.5, 0.6) is 0 Å². The van der Waals surface area contributed by atoms with Crippen LogP contribution in [-0.4, -0.2) is 7.85 Å². The summed E-state index contributed by atoms with van der Waals surface area (Å²) in [7, 11) is 5.47. The predicted octanol–water partition coefficient (Wildman–Crippen LogP) is 1.24. The fourth-order valence-electron chi connectivity index (χ4n) is 0.475. The van der Waals surface area contributed by atoms with Crippen molar-refractivity contribution in [2.75, 3.05) is 0 Å². The van der Waals surface area contributed by atoms with E-state index in [1.165, 1.54) is 0 Å². The molecular weight excluding hydrogens is 163 g/mol. The molecule has 38 valence electrons. The molecule has 1 rings (SSSR count). The maximum absolute atomic E-state index is 5.47. The maximum Gasteiger partial charge on any atom is 0.115 e. The van der Waals surface area contributed by atoms with Crippen LogP contribution in [0.3, 0.4) is 0 Å². The van der Waals surface area contributed by atoms with Crippen LogP contribution in [0, 0.1) is 0 Å². The van der Waals surface area contributed by atoms with Gasteiger partial charge in [0.05, 0.1) is 0 Å². The summed E-state index contributed by atoms with van der Waals surface area (Å²) in [6.07, 6.45) is 0. The van der Waals surface area contributed by atoms with Crippen LogP contribution < -0.4 is 5.46 Å². The van der Waals surface area contributed by atoms with Gasteiger partial charge < -0.3 is 0 Å². The zero-order chi connectivity index (χ0) is 5.98. The van der Waals surface area contributed by atoms with Gasteiger partial charge in [-0.05, 0) is 6.07 Å².